The van der Waals surface area contributed by atoms with E-state index in [4.69, 9.17) is 0 Å². The van der Waals surface area contributed by atoms with Crippen molar-refractivity contribution in [3.63, 3.8) is 0 Å². The third-order valence-electron chi connectivity index (χ3n) is 7.16. The van der Waals surface area contributed by atoms with Crippen LogP contribution in [0.15, 0.2) is 65.7 Å². The van der Waals surface area contributed by atoms with Crippen molar-refractivity contribution in [1.29, 1.82) is 0 Å². The van der Waals surface area contributed by atoms with Crippen molar-refractivity contribution in [3.8, 4) is 0 Å². The van der Waals surface area contributed by atoms with Gasteiger partial charge in [-0.15, -0.1) is 0 Å². The Labute approximate surface area is 205 Å². The molecule has 1 unspecified atom stereocenters. The predicted molar refractivity (Wildman–Crippen MR) is 139 cm³/mol. The van der Waals surface area contributed by atoms with Crippen LogP contribution in [0.25, 0.3) is 16.7 Å². The van der Waals surface area contributed by atoms with E-state index >= 15 is 0 Å². The smallest absolute Gasteiger partial charge is 0.276 e. The maximum absolute atomic E-state index is 13.1. The average molecular weight is 472 g/mol. The van der Waals surface area contributed by atoms with Crippen molar-refractivity contribution in [2.45, 2.75) is 51.6 Å². The molecule has 5 rings (SSSR count). The van der Waals surface area contributed by atoms with Crippen LogP contribution in [0, 0.1) is 0 Å². The molecule has 0 bridgehead atoms. The van der Waals surface area contributed by atoms with Crippen molar-refractivity contribution in [1.82, 2.24) is 24.2 Å². The lowest BCUT2D eigenvalue weighted by Gasteiger charge is -2.27. The summed E-state index contributed by atoms with van der Waals surface area (Å²) < 4.78 is 3.58. The third kappa shape index (κ3) is 5.00. The van der Waals surface area contributed by atoms with Crippen LogP contribution in [-0.4, -0.2) is 50.4 Å². The van der Waals surface area contributed by atoms with Gasteiger partial charge in [0.2, 0.25) is 0 Å². The van der Waals surface area contributed by atoms with Gasteiger partial charge in [-0.05, 0) is 81.2 Å². The number of hydrogen-bond acceptors (Lipinski definition) is 4. The molecule has 1 aromatic carbocycles. The summed E-state index contributed by atoms with van der Waals surface area (Å²) in [6.45, 7) is 5.66. The zero-order valence-corrected chi connectivity index (χ0v) is 20.3. The Hall–Kier alpha value is -3.45. The zero-order chi connectivity index (χ0) is 24.2. The van der Waals surface area contributed by atoms with Crippen molar-refractivity contribution in [3.05, 3.63) is 82.4 Å². The second-order valence-corrected chi connectivity index (χ2v) is 9.54. The van der Waals surface area contributed by atoms with Gasteiger partial charge in [0.05, 0.1) is 12.1 Å². The number of nitrogens with zero attached hydrogens (tertiary/aromatic N) is 4. The lowest BCUT2D eigenvalue weighted by molar-refractivity contribution is 0.0948. The molecule has 4 aromatic rings. The Morgan fingerprint density at radius 1 is 1.00 bits per heavy atom. The highest BCUT2D eigenvalue weighted by Gasteiger charge is 2.16. The average Bonchev–Trinajstić information content (AvgIpc) is 3.22. The number of carbonyl (C=O) groups is 1. The summed E-state index contributed by atoms with van der Waals surface area (Å²) in [6, 6.07) is 15.5. The van der Waals surface area contributed by atoms with Gasteiger partial charge in [0.15, 0.2) is 5.65 Å². The highest BCUT2D eigenvalue weighted by molar-refractivity contribution is 5.94. The van der Waals surface area contributed by atoms with Crippen LogP contribution in [0.2, 0.25) is 0 Å². The molecule has 1 fully saturated rings. The molecule has 3 aromatic heterocycles. The Morgan fingerprint density at radius 3 is 2.51 bits per heavy atom. The van der Waals surface area contributed by atoms with Gasteiger partial charge in [-0.3, -0.25) is 14.2 Å². The molecule has 0 radical (unpaired) electrons. The SMILES string of the molecule is CC(CCNC(=O)c1ccc(Cn2c(=O)c3cccn3c3cccnc32)cc1)N1CCCCCC1. The number of benzene rings is 1. The highest BCUT2D eigenvalue weighted by atomic mass is 16.1. The predicted octanol–water partition coefficient (Wildman–Crippen LogP) is 4.08. The summed E-state index contributed by atoms with van der Waals surface area (Å²) in [5.74, 6) is -0.0569. The van der Waals surface area contributed by atoms with Crippen molar-refractivity contribution < 1.29 is 4.79 Å². The van der Waals surface area contributed by atoms with E-state index in [1.165, 1.54) is 38.8 Å². The topological polar surface area (TPSA) is 71.6 Å². The maximum Gasteiger partial charge on any atom is 0.276 e. The monoisotopic (exact) mass is 471 g/mol. The molecule has 7 heteroatoms. The number of rotatable bonds is 7. The molecule has 1 amide bonds. The molecule has 1 N–H and O–H groups in total. The molecule has 182 valence electrons. The molecule has 1 atom stereocenters. The molecule has 1 aliphatic rings. The highest BCUT2D eigenvalue weighted by Crippen LogP contribution is 2.16. The van der Waals surface area contributed by atoms with Gasteiger partial charge in [0, 0.05) is 30.5 Å². The summed E-state index contributed by atoms with van der Waals surface area (Å²) in [4.78, 5) is 32.8. The van der Waals surface area contributed by atoms with Crippen LogP contribution in [0.4, 0.5) is 0 Å². The van der Waals surface area contributed by atoms with E-state index in [1.54, 1.807) is 10.8 Å². The van der Waals surface area contributed by atoms with E-state index in [1.807, 2.05) is 59.1 Å². The number of hydrogen-bond donors (Lipinski definition) is 1. The molecule has 35 heavy (non-hydrogen) atoms. The fraction of sp³-hybridized carbons (Fsp3) is 0.393. The summed E-state index contributed by atoms with van der Waals surface area (Å²) in [5, 5.41) is 3.07. The maximum atomic E-state index is 13.1. The Morgan fingerprint density at radius 2 is 1.74 bits per heavy atom. The van der Waals surface area contributed by atoms with Gasteiger partial charge in [0.25, 0.3) is 11.5 Å². The van der Waals surface area contributed by atoms with E-state index in [9.17, 15) is 9.59 Å². The van der Waals surface area contributed by atoms with Gasteiger partial charge >= 0.3 is 0 Å². The minimum absolute atomic E-state index is 0.0569. The molecule has 1 aliphatic heterocycles. The minimum atomic E-state index is -0.0819. The summed E-state index contributed by atoms with van der Waals surface area (Å²) in [6.07, 6.45) is 9.76. The molecule has 0 aliphatic carbocycles. The first-order valence-electron chi connectivity index (χ1n) is 12.7. The second kappa shape index (κ2) is 10.4. The van der Waals surface area contributed by atoms with Crippen LogP contribution in [0.5, 0.6) is 0 Å². The van der Waals surface area contributed by atoms with Crippen LogP contribution in [-0.2, 0) is 6.54 Å². The fourth-order valence-electron chi connectivity index (χ4n) is 5.09. The first-order valence-corrected chi connectivity index (χ1v) is 12.7. The van der Waals surface area contributed by atoms with Crippen LogP contribution < -0.4 is 10.9 Å². The Kier molecular flexibility index (Phi) is 6.95. The molecular weight excluding hydrogens is 438 g/mol. The van der Waals surface area contributed by atoms with Crippen molar-refractivity contribution >= 4 is 22.6 Å². The van der Waals surface area contributed by atoms with E-state index in [0.29, 0.717) is 35.9 Å². The van der Waals surface area contributed by atoms with Gasteiger partial charge in [0.1, 0.15) is 5.52 Å². The standard InChI is InChI=1S/C28H33N5O2/c1-21(31-17-4-2-3-5-18-31)14-16-30-27(34)23-12-10-22(11-13-23)20-33-26-24(8-6-15-29-26)32-19-7-9-25(32)28(33)35/h6-13,15,19,21H,2-5,14,16-18,20H2,1H3,(H,30,34). The number of likely N-dealkylation sites (tertiary alicyclic amines) is 1. The molecule has 0 spiro atoms. The van der Waals surface area contributed by atoms with Gasteiger partial charge in [-0.2, -0.15) is 0 Å². The third-order valence-corrected chi connectivity index (χ3v) is 7.16. The van der Waals surface area contributed by atoms with Crippen LogP contribution >= 0.6 is 0 Å². The van der Waals surface area contributed by atoms with Gasteiger partial charge in [-0.25, -0.2) is 4.98 Å². The van der Waals surface area contributed by atoms with Crippen molar-refractivity contribution in [2.24, 2.45) is 0 Å². The number of pyridine rings is 1. The van der Waals surface area contributed by atoms with Crippen LogP contribution in [0.3, 0.4) is 0 Å². The van der Waals surface area contributed by atoms with Crippen molar-refractivity contribution in [2.75, 3.05) is 19.6 Å². The largest absolute Gasteiger partial charge is 0.352 e. The second-order valence-electron chi connectivity index (χ2n) is 9.54. The summed E-state index contributed by atoms with van der Waals surface area (Å²) in [5.41, 5.74) is 3.64. The lowest BCUT2D eigenvalue weighted by atomic mass is 10.1. The summed E-state index contributed by atoms with van der Waals surface area (Å²) in [7, 11) is 0. The summed E-state index contributed by atoms with van der Waals surface area (Å²) >= 11 is 0. The fourth-order valence-corrected chi connectivity index (χ4v) is 5.09. The molecule has 7 nitrogen and oxygen atoms in total. The number of nitrogens with one attached hydrogen (secondary N) is 1. The number of amides is 1. The lowest BCUT2D eigenvalue weighted by Crippen LogP contribution is -2.37. The minimum Gasteiger partial charge on any atom is -0.352 e. The Bertz CT molecular complexity index is 1360. The first-order chi connectivity index (χ1) is 17.1. The van der Waals surface area contributed by atoms with E-state index in [-0.39, 0.29) is 11.5 Å². The number of fused-ring (bicyclic) bond motifs is 3. The van der Waals surface area contributed by atoms with Crippen LogP contribution in [0.1, 0.15) is 54.9 Å². The zero-order valence-electron chi connectivity index (χ0n) is 20.3. The molecule has 4 heterocycles. The number of carbonyl (C=O) groups excluding carboxylic acids is 1. The van der Waals surface area contributed by atoms with Gasteiger partial charge in [-0.1, -0.05) is 25.0 Å². The number of aromatic nitrogens is 3. The first kappa shape index (κ1) is 23.3. The van der Waals surface area contributed by atoms with Gasteiger partial charge < -0.3 is 14.6 Å². The molecule has 1 saturated heterocycles. The molecule has 0 saturated carbocycles. The van der Waals surface area contributed by atoms with E-state index < -0.39 is 0 Å². The Balaban J connectivity index is 1.24. The quantitative estimate of drug-likeness (QED) is 0.441. The van der Waals surface area contributed by atoms with E-state index in [2.05, 4.69) is 22.1 Å². The normalized spacial score (nSPS) is 15.8. The molecular formula is C28H33N5O2. The van der Waals surface area contributed by atoms with E-state index in [0.717, 1.165) is 17.5 Å².